The van der Waals surface area contributed by atoms with Gasteiger partial charge >= 0.3 is 12.3 Å². The summed E-state index contributed by atoms with van der Waals surface area (Å²) in [6.07, 6.45) is -6.82. The van der Waals surface area contributed by atoms with E-state index < -0.39 is 76.2 Å². The van der Waals surface area contributed by atoms with Gasteiger partial charge in [-0.05, 0) is 39.8 Å². The molecule has 226 valence electrons. The molecule has 0 spiro atoms. The molecule has 3 rings (SSSR count). The van der Waals surface area contributed by atoms with E-state index in [4.69, 9.17) is 14.2 Å². The number of alkyl halides is 3. The highest BCUT2D eigenvalue weighted by atomic mass is 19.4. The minimum atomic E-state index is -4.97. The molecule has 1 aromatic carbocycles. The van der Waals surface area contributed by atoms with E-state index in [0.29, 0.717) is 6.07 Å². The number of hydrogen-bond acceptors (Lipinski definition) is 6. The summed E-state index contributed by atoms with van der Waals surface area (Å²) in [5.41, 5.74) is -4.23. The second-order valence-corrected chi connectivity index (χ2v) is 10.9. The number of amides is 2. The summed E-state index contributed by atoms with van der Waals surface area (Å²) in [6.45, 7) is 6.74. The third kappa shape index (κ3) is 6.52. The SMILES string of the molecule is COc1c([C@H]2C(C(=O)Nc3cc(CN(C)C(=O)OC(C)(C)C)ncc3F)O[C@@](C)(C(F)(F)F)[C@H]2C)ccc(F)c1F. The van der Waals surface area contributed by atoms with Crippen LogP contribution in [0.4, 0.5) is 36.8 Å². The summed E-state index contributed by atoms with van der Waals surface area (Å²) < 4.78 is 101. The molecule has 2 aromatic rings. The van der Waals surface area contributed by atoms with E-state index in [9.17, 15) is 35.9 Å². The highest BCUT2D eigenvalue weighted by Gasteiger charge is 2.66. The Kier molecular flexibility index (Phi) is 8.87. The third-order valence-electron chi connectivity index (χ3n) is 6.84. The monoisotopic (exact) mass is 591 g/mol. The largest absolute Gasteiger partial charge is 0.493 e. The van der Waals surface area contributed by atoms with Gasteiger partial charge in [0.05, 0.1) is 31.2 Å². The van der Waals surface area contributed by atoms with Gasteiger partial charge in [-0.2, -0.15) is 17.6 Å². The molecule has 0 aliphatic carbocycles. The molecule has 1 aliphatic rings. The predicted molar refractivity (Wildman–Crippen MR) is 135 cm³/mol. The number of nitrogens with zero attached hydrogens (tertiary/aromatic N) is 2. The average Bonchev–Trinajstić information content (AvgIpc) is 3.13. The van der Waals surface area contributed by atoms with Crippen LogP contribution in [0.1, 0.15) is 51.8 Å². The van der Waals surface area contributed by atoms with Crippen LogP contribution < -0.4 is 10.1 Å². The Labute approximate surface area is 233 Å². The van der Waals surface area contributed by atoms with E-state index in [-0.39, 0.29) is 17.8 Å². The van der Waals surface area contributed by atoms with E-state index in [1.54, 1.807) is 20.8 Å². The number of benzene rings is 1. The summed E-state index contributed by atoms with van der Waals surface area (Å²) in [5.74, 6) is -8.61. The van der Waals surface area contributed by atoms with Crippen molar-refractivity contribution in [3.63, 3.8) is 0 Å². The minimum absolute atomic E-state index is 0.120. The Hall–Kier alpha value is -3.55. The molecule has 1 aliphatic heterocycles. The molecule has 0 bridgehead atoms. The lowest BCUT2D eigenvalue weighted by Gasteiger charge is -2.32. The van der Waals surface area contributed by atoms with Crippen molar-refractivity contribution in [1.29, 1.82) is 0 Å². The highest BCUT2D eigenvalue weighted by molar-refractivity contribution is 5.95. The van der Waals surface area contributed by atoms with Crippen LogP contribution in [0.15, 0.2) is 24.4 Å². The summed E-state index contributed by atoms with van der Waals surface area (Å²) in [6, 6.07) is 2.82. The number of carbonyl (C=O) groups excluding carboxylic acids is 2. The van der Waals surface area contributed by atoms with Crippen LogP contribution in [0.3, 0.4) is 0 Å². The third-order valence-corrected chi connectivity index (χ3v) is 6.84. The molecular weight excluding hydrogens is 560 g/mol. The molecule has 1 unspecified atom stereocenters. The van der Waals surface area contributed by atoms with Crippen LogP contribution in [0.25, 0.3) is 0 Å². The Balaban J connectivity index is 1.96. The number of pyridine rings is 1. The average molecular weight is 592 g/mol. The first-order chi connectivity index (χ1) is 18.8. The maximum atomic E-state index is 14.7. The summed E-state index contributed by atoms with van der Waals surface area (Å²) in [4.78, 5) is 30.7. The maximum Gasteiger partial charge on any atom is 0.417 e. The van der Waals surface area contributed by atoms with Crippen molar-refractivity contribution in [3.8, 4) is 5.75 Å². The Morgan fingerprint density at radius 3 is 2.34 bits per heavy atom. The lowest BCUT2D eigenvalue weighted by molar-refractivity contribution is -0.272. The van der Waals surface area contributed by atoms with E-state index in [1.165, 1.54) is 7.05 Å². The molecule has 2 heterocycles. The van der Waals surface area contributed by atoms with Gasteiger partial charge in [0.2, 0.25) is 5.82 Å². The second kappa shape index (κ2) is 11.4. The molecule has 0 saturated carbocycles. The van der Waals surface area contributed by atoms with Crippen molar-refractivity contribution in [2.24, 2.45) is 5.92 Å². The van der Waals surface area contributed by atoms with E-state index in [0.717, 1.165) is 44.2 Å². The van der Waals surface area contributed by atoms with Crippen LogP contribution in [0.5, 0.6) is 5.75 Å². The molecule has 2 amide bonds. The first-order valence-corrected chi connectivity index (χ1v) is 12.5. The number of nitrogens with one attached hydrogen (secondary N) is 1. The van der Waals surface area contributed by atoms with Gasteiger partial charge in [0.15, 0.2) is 23.0 Å². The molecule has 1 saturated heterocycles. The molecule has 1 aromatic heterocycles. The normalized spacial score (nSPS) is 22.8. The second-order valence-electron chi connectivity index (χ2n) is 10.9. The van der Waals surface area contributed by atoms with Gasteiger partial charge in [-0.15, -0.1) is 0 Å². The van der Waals surface area contributed by atoms with Gasteiger partial charge in [-0.1, -0.05) is 13.0 Å². The van der Waals surface area contributed by atoms with Crippen LogP contribution in [-0.4, -0.2) is 59.5 Å². The quantitative estimate of drug-likeness (QED) is 0.418. The van der Waals surface area contributed by atoms with Gasteiger partial charge in [0.1, 0.15) is 11.7 Å². The fourth-order valence-electron chi connectivity index (χ4n) is 4.56. The van der Waals surface area contributed by atoms with Crippen LogP contribution in [-0.2, 0) is 20.8 Å². The predicted octanol–water partition coefficient (Wildman–Crippen LogP) is 5.95. The van der Waals surface area contributed by atoms with Crippen LogP contribution >= 0.6 is 0 Å². The van der Waals surface area contributed by atoms with Crippen LogP contribution in [0, 0.1) is 23.4 Å². The molecule has 41 heavy (non-hydrogen) atoms. The molecule has 0 radical (unpaired) electrons. The fourth-order valence-corrected chi connectivity index (χ4v) is 4.56. The Morgan fingerprint density at radius 1 is 1.15 bits per heavy atom. The number of anilines is 1. The lowest BCUT2D eigenvalue weighted by Crippen LogP contribution is -2.47. The van der Waals surface area contributed by atoms with Gasteiger partial charge < -0.3 is 24.4 Å². The first kappa shape index (κ1) is 32.0. The van der Waals surface area contributed by atoms with Crippen molar-refractivity contribution in [1.82, 2.24) is 9.88 Å². The molecule has 4 atom stereocenters. The van der Waals surface area contributed by atoms with Gasteiger partial charge in [0, 0.05) is 24.4 Å². The van der Waals surface area contributed by atoms with E-state index in [1.807, 2.05) is 0 Å². The summed E-state index contributed by atoms with van der Waals surface area (Å²) in [5, 5.41) is 2.22. The molecule has 8 nitrogen and oxygen atoms in total. The van der Waals surface area contributed by atoms with Crippen molar-refractivity contribution in [2.75, 3.05) is 19.5 Å². The summed E-state index contributed by atoms with van der Waals surface area (Å²) >= 11 is 0. The molecular formula is C27H31F6N3O5. The number of methoxy groups -OCH3 is 1. The van der Waals surface area contributed by atoms with Crippen molar-refractivity contribution >= 4 is 17.7 Å². The van der Waals surface area contributed by atoms with Gasteiger partial charge in [0.25, 0.3) is 5.91 Å². The number of halogens is 6. The van der Waals surface area contributed by atoms with E-state index >= 15 is 0 Å². The highest BCUT2D eigenvalue weighted by Crippen LogP contribution is 2.55. The fraction of sp³-hybridized carbons (Fsp3) is 0.519. The standard InChI is InChI=1S/C27H31F6N3O5/c1-13-19(15-8-9-16(28)20(30)21(15)39-7)22(40-26(13,5)27(31,32)33)23(37)35-18-10-14(34-11-17(18)29)12-36(6)24(38)41-25(2,3)4/h8-11,13,19,22H,12H2,1-7H3,(H,34,35,37)/t13-,19-,22?,26+/m0/s1. The van der Waals surface area contributed by atoms with Crippen molar-refractivity contribution in [2.45, 2.75) is 70.6 Å². The number of carbonyl (C=O) groups is 2. The minimum Gasteiger partial charge on any atom is -0.493 e. The molecule has 1 fully saturated rings. The number of aromatic nitrogens is 1. The van der Waals surface area contributed by atoms with Crippen molar-refractivity contribution in [3.05, 3.63) is 53.1 Å². The zero-order chi connectivity index (χ0) is 31.1. The summed E-state index contributed by atoms with van der Waals surface area (Å²) in [7, 11) is 2.41. The number of ether oxygens (including phenoxy) is 3. The van der Waals surface area contributed by atoms with Crippen LogP contribution in [0.2, 0.25) is 0 Å². The van der Waals surface area contributed by atoms with Crippen molar-refractivity contribution < 1.29 is 50.1 Å². The smallest absolute Gasteiger partial charge is 0.417 e. The number of rotatable bonds is 6. The van der Waals surface area contributed by atoms with E-state index in [2.05, 4.69) is 10.3 Å². The maximum absolute atomic E-state index is 14.7. The Bertz CT molecular complexity index is 1320. The number of hydrogen-bond donors (Lipinski definition) is 1. The van der Waals surface area contributed by atoms with Gasteiger partial charge in [-0.3, -0.25) is 9.78 Å². The zero-order valence-electron chi connectivity index (χ0n) is 23.5. The lowest BCUT2D eigenvalue weighted by atomic mass is 9.77. The first-order valence-electron chi connectivity index (χ1n) is 12.5. The topological polar surface area (TPSA) is 90.0 Å². The molecule has 14 heteroatoms. The molecule has 1 N–H and O–H groups in total. The Morgan fingerprint density at radius 2 is 1.78 bits per heavy atom. The zero-order valence-corrected chi connectivity index (χ0v) is 23.5. The van der Waals surface area contributed by atoms with Gasteiger partial charge in [-0.25, -0.2) is 13.6 Å².